The van der Waals surface area contributed by atoms with Gasteiger partial charge in [-0.1, -0.05) is 48.2 Å². The van der Waals surface area contributed by atoms with Crippen molar-refractivity contribution in [2.75, 3.05) is 0 Å². The van der Waals surface area contributed by atoms with Gasteiger partial charge in [0.05, 0.1) is 5.69 Å². The van der Waals surface area contributed by atoms with Crippen LogP contribution in [0.1, 0.15) is 28.2 Å². The van der Waals surface area contributed by atoms with Crippen LogP contribution < -0.4 is 0 Å². The van der Waals surface area contributed by atoms with E-state index in [1.54, 1.807) is 9.36 Å². The standard InChI is InChI=1S/C26H20N8/c1-18-23(21(31-33(18)2)16-14-19-10-6-4-7-11-19)27-29-26-25-24(28-30-26)22(32-34(25)3)17-15-20-12-8-5-9-13-20/h4-13H,1-3H3,(H,28,30). The molecule has 3 heterocycles. The highest BCUT2D eigenvalue weighted by Crippen LogP contribution is 2.29. The normalized spacial score (nSPS) is 10.8. The largest absolute Gasteiger partial charge is 0.271 e. The van der Waals surface area contributed by atoms with Gasteiger partial charge in [-0.25, -0.2) is 0 Å². The van der Waals surface area contributed by atoms with E-state index in [0.29, 0.717) is 28.4 Å². The SMILES string of the molecule is Cc1c(N=Nc2n[nH]c3c(C#Cc4ccccc4)nn(C)c23)c(C#Cc2ccccc2)nn1C. The topological polar surface area (TPSA) is 89.0 Å². The maximum atomic E-state index is 4.51. The number of azo groups is 1. The minimum Gasteiger partial charge on any atom is -0.271 e. The number of aromatic nitrogens is 6. The number of hydrogen-bond donors (Lipinski definition) is 1. The summed E-state index contributed by atoms with van der Waals surface area (Å²) in [6, 6.07) is 19.5. The number of nitrogens with one attached hydrogen (secondary N) is 1. The Kier molecular flexibility index (Phi) is 5.47. The summed E-state index contributed by atoms with van der Waals surface area (Å²) in [5, 5.41) is 25.2. The van der Waals surface area contributed by atoms with E-state index in [1.165, 1.54) is 0 Å². The van der Waals surface area contributed by atoms with E-state index in [4.69, 9.17) is 0 Å². The van der Waals surface area contributed by atoms with Gasteiger partial charge < -0.3 is 0 Å². The van der Waals surface area contributed by atoms with Crippen molar-refractivity contribution in [1.82, 2.24) is 29.8 Å². The molecule has 1 N–H and O–H groups in total. The zero-order valence-corrected chi connectivity index (χ0v) is 18.9. The quantitative estimate of drug-likeness (QED) is 0.320. The lowest BCUT2D eigenvalue weighted by Gasteiger charge is -1.93. The molecule has 34 heavy (non-hydrogen) atoms. The van der Waals surface area contributed by atoms with E-state index >= 15 is 0 Å². The third kappa shape index (κ3) is 4.08. The van der Waals surface area contributed by atoms with E-state index in [-0.39, 0.29) is 0 Å². The summed E-state index contributed by atoms with van der Waals surface area (Å²) in [6.45, 7) is 1.93. The van der Waals surface area contributed by atoms with Crippen LogP contribution in [0.2, 0.25) is 0 Å². The lowest BCUT2D eigenvalue weighted by molar-refractivity contribution is 0.737. The van der Waals surface area contributed by atoms with Crippen LogP contribution in [0, 0.1) is 30.6 Å². The molecule has 0 atom stereocenters. The maximum absolute atomic E-state index is 4.51. The average Bonchev–Trinajstić information content (AvgIpc) is 3.51. The molecule has 0 aliphatic rings. The van der Waals surface area contributed by atoms with Crippen molar-refractivity contribution in [2.45, 2.75) is 6.92 Å². The van der Waals surface area contributed by atoms with Crippen LogP contribution in [0.3, 0.4) is 0 Å². The number of aromatic amines is 1. The Morgan fingerprint density at radius 2 is 1.32 bits per heavy atom. The van der Waals surface area contributed by atoms with Crippen molar-refractivity contribution in [2.24, 2.45) is 24.3 Å². The number of H-pyrrole nitrogens is 1. The number of nitrogens with zero attached hydrogens (tertiary/aromatic N) is 7. The van der Waals surface area contributed by atoms with E-state index in [9.17, 15) is 0 Å². The Bertz CT molecular complexity index is 1630. The van der Waals surface area contributed by atoms with Crippen molar-refractivity contribution in [3.05, 3.63) is 88.9 Å². The van der Waals surface area contributed by atoms with Crippen molar-refractivity contribution in [1.29, 1.82) is 0 Å². The Morgan fingerprint density at radius 1 is 0.735 bits per heavy atom. The molecule has 5 rings (SSSR count). The molecule has 3 aromatic heterocycles. The van der Waals surface area contributed by atoms with Crippen molar-refractivity contribution >= 4 is 22.5 Å². The van der Waals surface area contributed by atoms with Gasteiger partial charge in [0, 0.05) is 25.2 Å². The number of aryl methyl sites for hydroxylation is 2. The maximum Gasteiger partial charge on any atom is 0.221 e. The summed E-state index contributed by atoms with van der Waals surface area (Å²) in [6.07, 6.45) is 0. The summed E-state index contributed by atoms with van der Waals surface area (Å²) in [5.41, 5.74) is 5.87. The molecule has 0 amide bonds. The van der Waals surface area contributed by atoms with Gasteiger partial charge in [-0.15, -0.1) is 10.2 Å². The molecule has 0 bridgehead atoms. The second-order valence-electron chi connectivity index (χ2n) is 7.58. The average molecular weight is 445 g/mol. The summed E-state index contributed by atoms with van der Waals surface area (Å²) in [5.74, 6) is 12.9. The number of benzene rings is 2. The van der Waals surface area contributed by atoms with Gasteiger partial charge in [0.2, 0.25) is 5.82 Å². The molecule has 164 valence electrons. The Morgan fingerprint density at radius 3 is 1.97 bits per heavy atom. The lowest BCUT2D eigenvalue weighted by Crippen LogP contribution is -1.92. The molecule has 0 radical (unpaired) electrons. The molecule has 0 saturated heterocycles. The molecular weight excluding hydrogens is 424 g/mol. The van der Waals surface area contributed by atoms with Crippen LogP contribution in [0.25, 0.3) is 11.0 Å². The number of fused-ring (bicyclic) bond motifs is 1. The van der Waals surface area contributed by atoms with Crippen LogP contribution >= 0.6 is 0 Å². The fourth-order valence-electron chi connectivity index (χ4n) is 3.41. The van der Waals surface area contributed by atoms with Gasteiger partial charge in [-0.3, -0.25) is 14.5 Å². The first-order valence-electron chi connectivity index (χ1n) is 10.6. The van der Waals surface area contributed by atoms with E-state index < -0.39 is 0 Å². The van der Waals surface area contributed by atoms with Gasteiger partial charge in [0.25, 0.3) is 0 Å². The molecule has 8 heteroatoms. The molecule has 0 aliphatic heterocycles. The van der Waals surface area contributed by atoms with Crippen LogP contribution in [-0.2, 0) is 14.1 Å². The Hall–Kier alpha value is -4.95. The molecule has 8 nitrogen and oxygen atoms in total. The second-order valence-corrected chi connectivity index (χ2v) is 7.58. The van der Waals surface area contributed by atoms with Crippen LogP contribution in [0.4, 0.5) is 11.5 Å². The number of rotatable bonds is 2. The summed E-state index contributed by atoms with van der Waals surface area (Å²) in [4.78, 5) is 0. The summed E-state index contributed by atoms with van der Waals surface area (Å²) in [7, 11) is 3.68. The van der Waals surface area contributed by atoms with E-state index in [0.717, 1.165) is 22.3 Å². The predicted molar refractivity (Wildman–Crippen MR) is 130 cm³/mol. The Labute approximate surface area is 196 Å². The van der Waals surface area contributed by atoms with Crippen molar-refractivity contribution in [3.63, 3.8) is 0 Å². The van der Waals surface area contributed by atoms with E-state index in [1.807, 2.05) is 81.7 Å². The summed E-state index contributed by atoms with van der Waals surface area (Å²) < 4.78 is 3.44. The highest BCUT2D eigenvalue weighted by molar-refractivity contribution is 5.88. The van der Waals surface area contributed by atoms with Gasteiger partial charge in [0.1, 0.15) is 16.7 Å². The smallest absolute Gasteiger partial charge is 0.221 e. The monoisotopic (exact) mass is 444 g/mol. The minimum atomic E-state index is 0.419. The van der Waals surface area contributed by atoms with Gasteiger partial charge in [0.15, 0.2) is 11.4 Å². The first-order chi connectivity index (χ1) is 16.6. The minimum absolute atomic E-state index is 0.419. The van der Waals surface area contributed by atoms with Crippen LogP contribution in [0.5, 0.6) is 0 Å². The predicted octanol–water partition coefficient (Wildman–Crippen LogP) is 4.55. The third-order valence-corrected chi connectivity index (χ3v) is 5.28. The molecular formula is C26H20N8. The zero-order chi connectivity index (χ0) is 23.5. The molecule has 0 spiro atoms. The molecule has 0 unspecified atom stereocenters. The highest BCUT2D eigenvalue weighted by Gasteiger charge is 2.16. The Balaban J connectivity index is 1.49. The van der Waals surface area contributed by atoms with Gasteiger partial charge in [-0.2, -0.15) is 15.3 Å². The molecule has 0 saturated carbocycles. The molecule has 5 aromatic rings. The number of hydrogen-bond acceptors (Lipinski definition) is 5. The summed E-state index contributed by atoms with van der Waals surface area (Å²) >= 11 is 0. The first-order valence-corrected chi connectivity index (χ1v) is 10.6. The molecule has 0 aliphatic carbocycles. The van der Waals surface area contributed by atoms with Crippen LogP contribution in [-0.4, -0.2) is 29.8 Å². The molecule has 0 fully saturated rings. The lowest BCUT2D eigenvalue weighted by atomic mass is 10.2. The van der Waals surface area contributed by atoms with Gasteiger partial charge >= 0.3 is 0 Å². The van der Waals surface area contributed by atoms with Crippen molar-refractivity contribution in [3.8, 4) is 23.7 Å². The third-order valence-electron chi connectivity index (χ3n) is 5.28. The second kappa shape index (κ2) is 8.89. The van der Waals surface area contributed by atoms with Crippen molar-refractivity contribution < 1.29 is 0 Å². The molecule has 2 aromatic carbocycles. The first kappa shape index (κ1) is 20.9. The van der Waals surface area contributed by atoms with Crippen LogP contribution in [0.15, 0.2) is 70.9 Å². The zero-order valence-electron chi connectivity index (χ0n) is 18.9. The van der Waals surface area contributed by atoms with E-state index in [2.05, 4.69) is 54.3 Å². The fraction of sp³-hybridized carbons (Fsp3) is 0.115. The van der Waals surface area contributed by atoms with Gasteiger partial charge in [-0.05, 0) is 43.0 Å². The fourth-order valence-corrected chi connectivity index (χ4v) is 3.41. The highest BCUT2D eigenvalue weighted by atomic mass is 15.3.